The highest BCUT2D eigenvalue weighted by molar-refractivity contribution is 7.89. The molecule has 0 amide bonds. The van der Waals surface area contributed by atoms with Gasteiger partial charge in [0.05, 0.1) is 0 Å². The van der Waals surface area contributed by atoms with Crippen LogP contribution in [0, 0.1) is 17.7 Å². The molecule has 2 saturated carbocycles. The van der Waals surface area contributed by atoms with Crippen molar-refractivity contribution in [2.75, 3.05) is 7.05 Å². The standard InChI is InChI=1S/C15H21FN2O2S/c1-17-9-11-3-5-15(13(16)7-11)21(19,20)18-14-8-10-2-4-12(14)6-10/h3,5,7,10,12,14,17-18H,2,4,6,8-9H2,1H3. The number of hydrogen-bond acceptors (Lipinski definition) is 3. The molecular weight excluding hydrogens is 291 g/mol. The minimum absolute atomic E-state index is 0.0230. The average Bonchev–Trinajstić information content (AvgIpc) is 3.00. The second-order valence-electron chi connectivity index (χ2n) is 6.20. The molecular formula is C15H21FN2O2S. The SMILES string of the molecule is CNCc1ccc(S(=O)(=O)NC2CC3CCC2C3)c(F)c1. The number of rotatable bonds is 5. The molecule has 0 radical (unpaired) electrons. The van der Waals surface area contributed by atoms with Crippen molar-refractivity contribution in [3.63, 3.8) is 0 Å². The maximum absolute atomic E-state index is 14.1. The van der Waals surface area contributed by atoms with Crippen LogP contribution in [0.3, 0.4) is 0 Å². The van der Waals surface area contributed by atoms with Gasteiger partial charge >= 0.3 is 0 Å². The van der Waals surface area contributed by atoms with E-state index in [1.165, 1.54) is 18.6 Å². The first kappa shape index (κ1) is 14.9. The summed E-state index contributed by atoms with van der Waals surface area (Å²) in [7, 11) is -2.01. The van der Waals surface area contributed by atoms with Crippen LogP contribution in [0.4, 0.5) is 4.39 Å². The van der Waals surface area contributed by atoms with E-state index >= 15 is 0 Å². The van der Waals surface area contributed by atoms with E-state index < -0.39 is 15.8 Å². The van der Waals surface area contributed by atoms with E-state index in [0.29, 0.717) is 18.4 Å². The molecule has 0 saturated heterocycles. The highest BCUT2D eigenvalue weighted by Crippen LogP contribution is 2.44. The van der Waals surface area contributed by atoms with E-state index in [1.54, 1.807) is 13.1 Å². The zero-order chi connectivity index (χ0) is 15.0. The van der Waals surface area contributed by atoms with Crippen molar-refractivity contribution in [1.29, 1.82) is 0 Å². The number of hydrogen-bond donors (Lipinski definition) is 2. The van der Waals surface area contributed by atoms with E-state index in [2.05, 4.69) is 10.0 Å². The Morgan fingerprint density at radius 2 is 2.10 bits per heavy atom. The van der Waals surface area contributed by atoms with Gasteiger partial charge in [-0.15, -0.1) is 0 Å². The van der Waals surface area contributed by atoms with Gasteiger partial charge in [-0.3, -0.25) is 0 Å². The maximum Gasteiger partial charge on any atom is 0.243 e. The minimum Gasteiger partial charge on any atom is -0.316 e. The third kappa shape index (κ3) is 2.98. The fourth-order valence-electron chi connectivity index (χ4n) is 3.73. The first-order valence-electron chi connectivity index (χ1n) is 7.45. The Bertz CT molecular complexity index is 633. The molecule has 1 aromatic carbocycles. The Morgan fingerprint density at radius 3 is 2.67 bits per heavy atom. The van der Waals surface area contributed by atoms with Crippen LogP contribution in [0.2, 0.25) is 0 Å². The minimum atomic E-state index is -3.77. The van der Waals surface area contributed by atoms with Gasteiger partial charge in [-0.25, -0.2) is 17.5 Å². The summed E-state index contributed by atoms with van der Waals surface area (Å²) in [5, 5.41) is 2.91. The van der Waals surface area contributed by atoms with Crippen molar-refractivity contribution < 1.29 is 12.8 Å². The Kier molecular flexibility index (Phi) is 4.03. The molecule has 0 aromatic heterocycles. The van der Waals surface area contributed by atoms with E-state index in [4.69, 9.17) is 0 Å². The van der Waals surface area contributed by atoms with Crippen LogP contribution in [0.15, 0.2) is 23.1 Å². The van der Waals surface area contributed by atoms with Gasteiger partial charge < -0.3 is 5.32 Å². The topological polar surface area (TPSA) is 58.2 Å². The maximum atomic E-state index is 14.1. The molecule has 6 heteroatoms. The Labute approximate surface area is 125 Å². The lowest BCUT2D eigenvalue weighted by molar-refractivity contribution is 0.389. The molecule has 0 aliphatic heterocycles. The Balaban J connectivity index is 1.78. The van der Waals surface area contributed by atoms with E-state index in [-0.39, 0.29) is 10.9 Å². The first-order valence-corrected chi connectivity index (χ1v) is 8.93. The largest absolute Gasteiger partial charge is 0.316 e. The molecule has 3 rings (SSSR count). The monoisotopic (exact) mass is 312 g/mol. The summed E-state index contributed by atoms with van der Waals surface area (Å²) in [5.74, 6) is 0.389. The fourth-order valence-corrected chi connectivity index (χ4v) is 5.11. The number of halogens is 1. The van der Waals surface area contributed by atoms with Crippen LogP contribution in [-0.4, -0.2) is 21.5 Å². The Morgan fingerprint density at radius 1 is 1.29 bits per heavy atom. The lowest BCUT2D eigenvalue weighted by Gasteiger charge is -2.22. The molecule has 2 aliphatic rings. The highest BCUT2D eigenvalue weighted by Gasteiger charge is 2.41. The molecule has 3 unspecified atom stereocenters. The summed E-state index contributed by atoms with van der Waals surface area (Å²) in [6, 6.07) is 4.27. The van der Waals surface area contributed by atoms with Crippen molar-refractivity contribution in [3.05, 3.63) is 29.6 Å². The smallest absolute Gasteiger partial charge is 0.243 e. The predicted octanol–water partition coefficient (Wildman–Crippen LogP) is 2.01. The molecule has 4 nitrogen and oxygen atoms in total. The third-order valence-electron chi connectivity index (χ3n) is 4.71. The summed E-state index contributed by atoms with van der Waals surface area (Å²) in [5.41, 5.74) is 0.730. The summed E-state index contributed by atoms with van der Waals surface area (Å²) in [6.45, 7) is 0.511. The lowest BCUT2D eigenvalue weighted by Crippen LogP contribution is -2.38. The molecule has 2 N–H and O–H groups in total. The van der Waals surface area contributed by atoms with Crippen molar-refractivity contribution in [2.24, 2.45) is 11.8 Å². The normalized spacial score (nSPS) is 28.2. The van der Waals surface area contributed by atoms with Crippen molar-refractivity contribution in [1.82, 2.24) is 10.0 Å². The van der Waals surface area contributed by atoms with Gasteiger partial charge in [0.25, 0.3) is 0 Å². The van der Waals surface area contributed by atoms with Gasteiger partial charge in [-0.1, -0.05) is 12.5 Å². The average molecular weight is 312 g/mol. The zero-order valence-corrected chi connectivity index (χ0v) is 12.9. The lowest BCUT2D eigenvalue weighted by atomic mass is 9.96. The molecule has 3 atom stereocenters. The fraction of sp³-hybridized carbons (Fsp3) is 0.600. The van der Waals surface area contributed by atoms with Gasteiger partial charge in [-0.05, 0) is 55.8 Å². The van der Waals surface area contributed by atoms with Crippen LogP contribution in [-0.2, 0) is 16.6 Å². The van der Waals surface area contributed by atoms with Crippen LogP contribution >= 0.6 is 0 Å². The summed E-state index contributed by atoms with van der Waals surface area (Å²) < 4.78 is 41.6. The quantitative estimate of drug-likeness (QED) is 0.874. The van der Waals surface area contributed by atoms with Crippen molar-refractivity contribution in [3.8, 4) is 0 Å². The second kappa shape index (κ2) is 5.66. The summed E-state index contributed by atoms with van der Waals surface area (Å²) >= 11 is 0. The van der Waals surface area contributed by atoms with Crippen LogP contribution in [0.1, 0.15) is 31.2 Å². The van der Waals surface area contributed by atoms with E-state index in [1.807, 2.05) is 0 Å². The van der Waals surface area contributed by atoms with Gasteiger partial charge in [0.2, 0.25) is 10.0 Å². The highest BCUT2D eigenvalue weighted by atomic mass is 32.2. The summed E-state index contributed by atoms with van der Waals surface area (Å²) in [4.78, 5) is -0.245. The van der Waals surface area contributed by atoms with E-state index in [9.17, 15) is 12.8 Å². The Hall–Kier alpha value is -0.980. The number of benzene rings is 1. The molecule has 0 heterocycles. The molecule has 1 aromatic rings. The van der Waals surface area contributed by atoms with Gasteiger partial charge in [0.1, 0.15) is 10.7 Å². The van der Waals surface area contributed by atoms with Crippen LogP contribution < -0.4 is 10.0 Å². The van der Waals surface area contributed by atoms with Crippen molar-refractivity contribution >= 4 is 10.0 Å². The van der Waals surface area contributed by atoms with E-state index in [0.717, 1.165) is 24.8 Å². The second-order valence-corrected chi connectivity index (χ2v) is 7.88. The number of nitrogens with one attached hydrogen (secondary N) is 2. The van der Waals surface area contributed by atoms with Gasteiger partial charge in [0, 0.05) is 12.6 Å². The number of fused-ring (bicyclic) bond motifs is 2. The summed E-state index contributed by atoms with van der Waals surface area (Å²) in [6.07, 6.45) is 4.29. The number of sulfonamides is 1. The predicted molar refractivity (Wildman–Crippen MR) is 78.7 cm³/mol. The first-order chi connectivity index (χ1) is 9.99. The van der Waals surface area contributed by atoms with Gasteiger partial charge in [0.15, 0.2) is 0 Å². The van der Waals surface area contributed by atoms with Crippen molar-refractivity contribution in [2.45, 2.75) is 43.2 Å². The molecule has 2 bridgehead atoms. The molecule has 116 valence electrons. The molecule has 0 spiro atoms. The molecule has 2 fully saturated rings. The van der Waals surface area contributed by atoms with Crippen LogP contribution in [0.5, 0.6) is 0 Å². The zero-order valence-electron chi connectivity index (χ0n) is 12.1. The van der Waals surface area contributed by atoms with Crippen LogP contribution in [0.25, 0.3) is 0 Å². The van der Waals surface area contributed by atoms with Gasteiger partial charge in [-0.2, -0.15) is 0 Å². The third-order valence-corrected chi connectivity index (χ3v) is 6.23. The molecule has 2 aliphatic carbocycles. The molecule has 21 heavy (non-hydrogen) atoms.